The Hall–Kier alpha value is -1.86. The molecule has 1 aromatic carbocycles. The molecule has 25 heavy (non-hydrogen) atoms. The highest BCUT2D eigenvalue weighted by molar-refractivity contribution is 8.03. The Kier molecular flexibility index (Phi) is 4.88. The first-order valence-corrected chi connectivity index (χ1v) is 8.51. The Morgan fingerprint density at radius 3 is 2.68 bits per heavy atom. The summed E-state index contributed by atoms with van der Waals surface area (Å²) in [5.74, 6) is -1.72. The van der Waals surface area contributed by atoms with Gasteiger partial charge in [-0.25, -0.2) is 4.79 Å². The predicted molar refractivity (Wildman–Crippen MR) is 89.8 cm³/mol. The molecule has 3 rings (SSSR count). The summed E-state index contributed by atoms with van der Waals surface area (Å²) in [7, 11) is 0. The van der Waals surface area contributed by atoms with Gasteiger partial charge < -0.3 is 9.84 Å². The summed E-state index contributed by atoms with van der Waals surface area (Å²) >= 11 is 7.53. The van der Waals surface area contributed by atoms with E-state index in [-0.39, 0.29) is 11.3 Å². The van der Waals surface area contributed by atoms with Crippen LogP contribution in [0.2, 0.25) is 5.02 Å². The molecule has 1 aromatic rings. The number of carbonyl (C=O) groups is 1. The Morgan fingerprint density at radius 2 is 2.08 bits per heavy atom. The molecule has 1 heterocycles. The summed E-state index contributed by atoms with van der Waals surface area (Å²) in [5, 5.41) is 9.36. The van der Waals surface area contributed by atoms with E-state index in [1.54, 1.807) is 0 Å². The first kappa shape index (κ1) is 17.9. The molecule has 1 aliphatic heterocycles. The van der Waals surface area contributed by atoms with Crippen LogP contribution in [0.5, 0.6) is 5.75 Å². The van der Waals surface area contributed by atoms with Crippen molar-refractivity contribution < 1.29 is 27.8 Å². The SMILES string of the molecule is O=C(O)C1=Cc2cc(Cl)c(SC3=CCCC=C3)cc2OC1C(F)(F)F. The molecule has 132 valence electrons. The van der Waals surface area contributed by atoms with Crippen LogP contribution < -0.4 is 4.74 Å². The lowest BCUT2D eigenvalue weighted by atomic mass is 10.0. The maximum atomic E-state index is 13.1. The molecular weight excluding hydrogens is 377 g/mol. The molecule has 0 spiro atoms. The lowest BCUT2D eigenvalue weighted by molar-refractivity contribution is -0.187. The van der Waals surface area contributed by atoms with E-state index < -0.39 is 23.8 Å². The van der Waals surface area contributed by atoms with Gasteiger partial charge in [-0.1, -0.05) is 41.6 Å². The summed E-state index contributed by atoms with van der Waals surface area (Å²) in [5.41, 5.74) is -0.658. The minimum Gasteiger partial charge on any atom is -0.478 e. The van der Waals surface area contributed by atoms with Crippen molar-refractivity contribution in [1.29, 1.82) is 0 Å². The second kappa shape index (κ2) is 6.80. The van der Waals surface area contributed by atoms with E-state index in [0.29, 0.717) is 9.92 Å². The van der Waals surface area contributed by atoms with Crippen LogP contribution in [-0.4, -0.2) is 23.4 Å². The molecule has 1 atom stereocenters. The molecule has 2 aliphatic rings. The van der Waals surface area contributed by atoms with Gasteiger partial charge in [0, 0.05) is 15.4 Å². The van der Waals surface area contributed by atoms with Gasteiger partial charge in [0.2, 0.25) is 6.10 Å². The van der Waals surface area contributed by atoms with Crippen molar-refractivity contribution in [2.45, 2.75) is 30.0 Å². The van der Waals surface area contributed by atoms with Crippen LogP contribution in [-0.2, 0) is 4.79 Å². The van der Waals surface area contributed by atoms with Crippen LogP contribution in [0.3, 0.4) is 0 Å². The van der Waals surface area contributed by atoms with Crippen molar-refractivity contribution in [2.24, 2.45) is 0 Å². The number of carboxylic acids is 1. The Balaban J connectivity index is 1.99. The van der Waals surface area contributed by atoms with Crippen molar-refractivity contribution >= 4 is 35.4 Å². The molecule has 0 saturated heterocycles. The number of carboxylic acid groups (broad SMARTS) is 1. The van der Waals surface area contributed by atoms with E-state index in [1.807, 2.05) is 18.2 Å². The zero-order valence-corrected chi connectivity index (χ0v) is 14.2. The van der Waals surface area contributed by atoms with E-state index in [4.69, 9.17) is 21.4 Å². The first-order chi connectivity index (χ1) is 11.8. The summed E-state index contributed by atoms with van der Waals surface area (Å²) in [6.07, 6.45) is 1.40. The Morgan fingerprint density at radius 1 is 1.32 bits per heavy atom. The zero-order valence-electron chi connectivity index (χ0n) is 12.6. The number of benzene rings is 1. The van der Waals surface area contributed by atoms with Crippen molar-refractivity contribution in [3.05, 3.63) is 51.4 Å². The highest BCUT2D eigenvalue weighted by atomic mass is 35.5. The number of thioether (sulfide) groups is 1. The largest absolute Gasteiger partial charge is 0.478 e. The fourth-order valence-corrected chi connectivity index (χ4v) is 3.72. The van der Waals surface area contributed by atoms with Crippen LogP contribution in [0.4, 0.5) is 13.2 Å². The van der Waals surface area contributed by atoms with Crippen LogP contribution in [0.15, 0.2) is 45.7 Å². The fraction of sp³-hybridized carbons (Fsp3) is 0.235. The number of alkyl halides is 3. The molecule has 0 fully saturated rings. The third-order valence-corrected chi connectivity index (χ3v) is 5.16. The van der Waals surface area contributed by atoms with Gasteiger partial charge in [0.25, 0.3) is 0 Å². The third-order valence-electron chi connectivity index (χ3n) is 3.64. The molecular formula is C17H12ClF3O3S. The van der Waals surface area contributed by atoms with E-state index in [0.717, 1.165) is 23.8 Å². The average Bonchev–Trinajstić information content (AvgIpc) is 2.54. The normalized spacial score (nSPS) is 19.6. The van der Waals surface area contributed by atoms with Gasteiger partial charge in [0.1, 0.15) is 5.75 Å². The lowest BCUT2D eigenvalue weighted by Crippen LogP contribution is -2.40. The van der Waals surface area contributed by atoms with Gasteiger partial charge in [0.15, 0.2) is 0 Å². The third kappa shape index (κ3) is 3.88. The van der Waals surface area contributed by atoms with Crippen molar-refractivity contribution in [3.8, 4) is 5.75 Å². The molecule has 1 aliphatic carbocycles. The molecule has 0 radical (unpaired) electrons. The highest BCUT2D eigenvalue weighted by Crippen LogP contribution is 2.43. The van der Waals surface area contributed by atoms with Crippen LogP contribution in [0.25, 0.3) is 6.08 Å². The molecule has 0 saturated carbocycles. The van der Waals surface area contributed by atoms with Gasteiger partial charge >= 0.3 is 12.1 Å². The monoisotopic (exact) mass is 388 g/mol. The van der Waals surface area contributed by atoms with Crippen molar-refractivity contribution in [2.75, 3.05) is 0 Å². The fourth-order valence-electron chi connectivity index (χ4n) is 2.49. The summed E-state index contributed by atoms with van der Waals surface area (Å²) < 4.78 is 44.3. The van der Waals surface area contributed by atoms with Gasteiger partial charge in [-0.2, -0.15) is 13.2 Å². The predicted octanol–water partition coefficient (Wildman–Crippen LogP) is 5.46. The minimum absolute atomic E-state index is 0.0420. The number of hydrogen-bond donors (Lipinski definition) is 1. The molecule has 0 bridgehead atoms. The molecule has 0 amide bonds. The van der Waals surface area contributed by atoms with E-state index in [9.17, 15) is 18.0 Å². The number of allylic oxidation sites excluding steroid dienone is 3. The molecule has 3 nitrogen and oxygen atoms in total. The Labute approximate surface area is 150 Å². The van der Waals surface area contributed by atoms with Gasteiger partial charge in [-0.15, -0.1) is 0 Å². The van der Waals surface area contributed by atoms with E-state index in [2.05, 4.69) is 0 Å². The van der Waals surface area contributed by atoms with Crippen LogP contribution in [0, 0.1) is 0 Å². The second-order valence-corrected chi connectivity index (χ2v) is 6.98. The first-order valence-electron chi connectivity index (χ1n) is 7.32. The summed E-state index contributed by atoms with van der Waals surface area (Å²) in [4.78, 5) is 12.6. The van der Waals surface area contributed by atoms with Gasteiger partial charge in [0.05, 0.1) is 10.6 Å². The topological polar surface area (TPSA) is 46.5 Å². The van der Waals surface area contributed by atoms with Crippen molar-refractivity contribution in [1.82, 2.24) is 0 Å². The quantitative estimate of drug-likeness (QED) is 0.747. The maximum Gasteiger partial charge on any atom is 0.430 e. The van der Waals surface area contributed by atoms with Gasteiger partial charge in [-0.05, 0) is 31.1 Å². The highest BCUT2D eigenvalue weighted by Gasteiger charge is 2.48. The number of rotatable bonds is 3. The second-order valence-electron chi connectivity index (χ2n) is 5.45. The van der Waals surface area contributed by atoms with Crippen molar-refractivity contribution in [3.63, 3.8) is 0 Å². The van der Waals surface area contributed by atoms with E-state index >= 15 is 0 Å². The standard InChI is InChI=1S/C17H12ClF3O3S/c18-12-7-9-6-11(16(22)23)15(17(19,20)21)24-13(9)8-14(12)25-10-4-2-1-3-5-10/h2,4-8,15H,1,3H2,(H,22,23). The zero-order chi connectivity index (χ0) is 18.2. The summed E-state index contributed by atoms with van der Waals surface area (Å²) in [6, 6.07) is 2.83. The number of hydrogen-bond acceptors (Lipinski definition) is 3. The number of ether oxygens (including phenoxy) is 1. The average molecular weight is 389 g/mol. The maximum absolute atomic E-state index is 13.1. The smallest absolute Gasteiger partial charge is 0.430 e. The molecule has 8 heteroatoms. The number of aliphatic carboxylic acids is 1. The number of halogens is 4. The molecule has 0 aromatic heterocycles. The summed E-state index contributed by atoms with van der Waals surface area (Å²) in [6.45, 7) is 0. The van der Waals surface area contributed by atoms with Gasteiger partial charge in [-0.3, -0.25) is 0 Å². The van der Waals surface area contributed by atoms with E-state index in [1.165, 1.54) is 23.9 Å². The molecule has 1 N–H and O–H groups in total. The lowest BCUT2D eigenvalue weighted by Gasteiger charge is -2.27. The molecule has 1 unspecified atom stereocenters. The number of fused-ring (bicyclic) bond motifs is 1. The minimum atomic E-state index is -4.83. The van der Waals surface area contributed by atoms with Crippen LogP contribution >= 0.6 is 23.4 Å². The Bertz CT molecular complexity index is 812. The van der Waals surface area contributed by atoms with Crippen LogP contribution in [0.1, 0.15) is 18.4 Å².